The number of hydrogen-bond donors (Lipinski definition) is 0. The summed E-state index contributed by atoms with van der Waals surface area (Å²) in [7, 11) is 0. The summed E-state index contributed by atoms with van der Waals surface area (Å²) in [5.41, 5.74) is 19.6. The zero-order chi connectivity index (χ0) is 44.4. The minimum absolute atomic E-state index is 0.298. The van der Waals surface area contributed by atoms with Crippen molar-refractivity contribution < 1.29 is 4.74 Å². The van der Waals surface area contributed by atoms with Crippen LogP contribution >= 0.6 is 0 Å². The number of hydrogen-bond acceptors (Lipinski definition) is 3. The highest BCUT2D eigenvalue weighted by Gasteiger charge is 2.41. The fourth-order valence-corrected chi connectivity index (χ4v) is 12.0. The van der Waals surface area contributed by atoms with E-state index in [0.29, 0.717) is 0 Å². The first-order valence-corrected chi connectivity index (χ1v) is 23.4. The van der Waals surface area contributed by atoms with Gasteiger partial charge in [-0.15, -0.1) is 0 Å². The molecule has 14 rings (SSSR count). The van der Waals surface area contributed by atoms with Gasteiger partial charge in [-0.3, -0.25) is 0 Å². The summed E-state index contributed by atoms with van der Waals surface area (Å²) in [6.45, 7) is 4.81. The van der Waals surface area contributed by atoms with Gasteiger partial charge in [-0.2, -0.15) is 0 Å². The van der Waals surface area contributed by atoms with E-state index in [9.17, 15) is 0 Å². The molecule has 3 nitrogen and oxygen atoms in total. The van der Waals surface area contributed by atoms with E-state index in [1.807, 2.05) is 0 Å². The van der Waals surface area contributed by atoms with Crippen molar-refractivity contribution >= 4 is 66.4 Å². The maximum Gasteiger partial charge on any atom is 0.138 e. The Morgan fingerprint density at radius 2 is 0.985 bits per heavy atom. The van der Waals surface area contributed by atoms with Gasteiger partial charge in [-0.1, -0.05) is 172 Å². The number of fused-ring (bicyclic) bond motifs is 6. The minimum atomic E-state index is -0.298. The summed E-state index contributed by atoms with van der Waals surface area (Å²) in [4.78, 5) is 4.93. The molecule has 0 radical (unpaired) electrons. The van der Waals surface area contributed by atoms with E-state index in [0.717, 1.165) is 62.2 Å². The molecular weight excluding hydrogens is 813 g/mol. The molecule has 0 saturated carbocycles. The van der Waals surface area contributed by atoms with Crippen molar-refractivity contribution in [2.75, 3.05) is 9.80 Å². The second-order valence-electron chi connectivity index (χ2n) is 18.8. The van der Waals surface area contributed by atoms with Crippen molar-refractivity contribution in [1.29, 1.82) is 0 Å². The van der Waals surface area contributed by atoms with Gasteiger partial charge in [-0.05, 0) is 121 Å². The van der Waals surface area contributed by atoms with Crippen LogP contribution in [0.25, 0.3) is 65.7 Å². The van der Waals surface area contributed by atoms with Crippen LogP contribution in [0.1, 0.15) is 36.1 Å². The molecule has 0 atom stereocenters. The third-order valence-corrected chi connectivity index (χ3v) is 14.7. The lowest BCUT2D eigenvalue weighted by Gasteiger charge is -2.34. The molecule has 3 heteroatoms. The smallest absolute Gasteiger partial charge is 0.138 e. The molecule has 0 bridgehead atoms. The van der Waals surface area contributed by atoms with E-state index in [-0.39, 0.29) is 5.41 Å². The van der Waals surface area contributed by atoms with Gasteiger partial charge < -0.3 is 14.5 Å². The third-order valence-electron chi connectivity index (χ3n) is 14.7. The molecule has 0 unspecified atom stereocenters. The third kappa shape index (κ3) is 5.52. The summed E-state index contributed by atoms with van der Waals surface area (Å²) in [5, 5.41) is 7.00. The van der Waals surface area contributed by atoms with Crippen LogP contribution in [0.15, 0.2) is 218 Å². The Labute approximate surface area is 390 Å². The highest BCUT2D eigenvalue weighted by Crippen LogP contribution is 2.59. The topological polar surface area (TPSA) is 15.7 Å². The highest BCUT2D eigenvalue weighted by atomic mass is 16.5. The molecule has 11 aromatic carbocycles. The second-order valence-corrected chi connectivity index (χ2v) is 18.8. The molecular formula is C64H44N2O. The van der Waals surface area contributed by atoms with Crippen LogP contribution in [-0.4, -0.2) is 0 Å². The van der Waals surface area contributed by atoms with Gasteiger partial charge in [0.05, 0.1) is 22.7 Å². The van der Waals surface area contributed by atoms with E-state index in [2.05, 4.69) is 242 Å². The molecule has 316 valence electrons. The monoisotopic (exact) mass is 856 g/mol. The average Bonchev–Trinajstić information content (AvgIpc) is 3.88. The molecule has 0 saturated heterocycles. The molecule has 0 amide bonds. The molecule has 67 heavy (non-hydrogen) atoms. The molecule has 0 N–H and O–H groups in total. The molecule has 0 spiro atoms. The SMILES string of the molecule is CC1(C)c2c(-c3ccccc3)cccc2-c2cccc(N(c3ccccc3)c3cc4ccc5cc(N(c6ccccc6)c6cccc7c6Cc6ccccc6-7)cc6c5c4c4c(cccc34)O6)c21. The van der Waals surface area contributed by atoms with E-state index in [1.165, 1.54) is 77.8 Å². The largest absolute Gasteiger partial charge is 0.456 e. The van der Waals surface area contributed by atoms with Gasteiger partial charge in [0.15, 0.2) is 0 Å². The Hall–Kier alpha value is -8.40. The first-order chi connectivity index (χ1) is 33.0. The van der Waals surface area contributed by atoms with E-state index < -0.39 is 0 Å². The zero-order valence-corrected chi connectivity index (χ0v) is 37.3. The molecule has 1 aliphatic heterocycles. The number of para-hydroxylation sites is 2. The standard InChI is InChI=1S/C64H44N2O/c1-64(2)62-48(40-18-6-3-7-19-40)26-14-28-50(62)51-29-16-32-55(63(51)64)66(45-23-10-5-11-24-45)56-38-43-35-34-42-36-46(39-58-59(42)60(43)61-52(56)30-17-33-57(61)67-58)65(44-21-8-4-9-22-44)54-31-15-27-49-47-25-13-12-20-41(47)37-53(49)54/h3-36,38-39H,37H2,1-2H3. The average molecular weight is 857 g/mol. The fraction of sp³-hybridized carbons (Fsp3) is 0.0625. The van der Waals surface area contributed by atoms with Crippen molar-refractivity contribution in [2.24, 2.45) is 0 Å². The summed E-state index contributed by atoms with van der Waals surface area (Å²) in [6.07, 6.45) is 0.894. The number of rotatable bonds is 7. The van der Waals surface area contributed by atoms with Crippen LogP contribution < -0.4 is 14.5 Å². The molecule has 0 aromatic heterocycles. The quantitative estimate of drug-likeness (QED) is 0.149. The Bertz CT molecular complexity index is 3840. The molecule has 3 aliphatic rings. The molecule has 1 heterocycles. The fourth-order valence-electron chi connectivity index (χ4n) is 12.0. The van der Waals surface area contributed by atoms with Crippen molar-refractivity contribution in [3.63, 3.8) is 0 Å². The summed E-state index contributed by atoms with van der Waals surface area (Å²) in [5.74, 6) is 1.74. The summed E-state index contributed by atoms with van der Waals surface area (Å²) >= 11 is 0. The van der Waals surface area contributed by atoms with Crippen LogP contribution in [0.4, 0.5) is 34.1 Å². The lowest BCUT2D eigenvalue weighted by atomic mass is 9.78. The zero-order valence-electron chi connectivity index (χ0n) is 37.3. The second kappa shape index (κ2) is 14.3. The number of benzene rings is 11. The van der Waals surface area contributed by atoms with Gasteiger partial charge in [0, 0.05) is 50.8 Å². The number of ether oxygens (including phenoxy) is 1. The van der Waals surface area contributed by atoms with Gasteiger partial charge in [0.25, 0.3) is 0 Å². The predicted molar refractivity (Wildman–Crippen MR) is 280 cm³/mol. The number of anilines is 6. The van der Waals surface area contributed by atoms with Crippen LogP contribution in [-0.2, 0) is 11.8 Å². The van der Waals surface area contributed by atoms with E-state index >= 15 is 0 Å². The maximum absolute atomic E-state index is 7.20. The van der Waals surface area contributed by atoms with Crippen LogP contribution in [0.3, 0.4) is 0 Å². The first-order valence-electron chi connectivity index (χ1n) is 23.4. The molecule has 11 aromatic rings. The van der Waals surface area contributed by atoms with Gasteiger partial charge in [-0.25, -0.2) is 0 Å². The first kappa shape index (κ1) is 37.9. The molecule has 0 fully saturated rings. The maximum atomic E-state index is 7.20. The lowest BCUT2D eigenvalue weighted by molar-refractivity contribution is 0.493. The van der Waals surface area contributed by atoms with Crippen molar-refractivity contribution in [2.45, 2.75) is 25.7 Å². The normalized spacial score (nSPS) is 13.4. The predicted octanol–water partition coefficient (Wildman–Crippen LogP) is 17.7. The van der Waals surface area contributed by atoms with Crippen LogP contribution in [0.5, 0.6) is 11.5 Å². The minimum Gasteiger partial charge on any atom is -0.456 e. The number of nitrogens with zero attached hydrogens (tertiary/aromatic N) is 2. The van der Waals surface area contributed by atoms with Gasteiger partial charge >= 0.3 is 0 Å². The van der Waals surface area contributed by atoms with Crippen molar-refractivity contribution in [3.05, 3.63) is 241 Å². The van der Waals surface area contributed by atoms with Crippen LogP contribution in [0.2, 0.25) is 0 Å². The lowest BCUT2D eigenvalue weighted by Crippen LogP contribution is -2.21. The van der Waals surface area contributed by atoms with Crippen molar-refractivity contribution in [3.8, 4) is 44.9 Å². The van der Waals surface area contributed by atoms with E-state index in [1.54, 1.807) is 0 Å². The Morgan fingerprint density at radius 3 is 1.76 bits per heavy atom. The molecule has 2 aliphatic carbocycles. The Kier molecular flexibility index (Phi) is 8.09. The van der Waals surface area contributed by atoms with Gasteiger partial charge in [0.2, 0.25) is 0 Å². The summed E-state index contributed by atoms with van der Waals surface area (Å²) in [6, 6.07) is 80.1. The summed E-state index contributed by atoms with van der Waals surface area (Å²) < 4.78 is 7.20. The Morgan fingerprint density at radius 1 is 0.388 bits per heavy atom. The highest BCUT2D eigenvalue weighted by molar-refractivity contribution is 6.28. The van der Waals surface area contributed by atoms with E-state index in [4.69, 9.17) is 4.74 Å². The van der Waals surface area contributed by atoms with Crippen molar-refractivity contribution in [1.82, 2.24) is 0 Å². The van der Waals surface area contributed by atoms with Gasteiger partial charge in [0.1, 0.15) is 11.5 Å². The van der Waals surface area contributed by atoms with Crippen LogP contribution in [0, 0.1) is 0 Å². The Balaban J connectivity index is 0.972.